The second-order valence-corrected chi connectivity index (χ2v) is 5.32. The molecule has 3 rings (SSSR count). The Morgan fingerprint density at radius 1 is 1.16 bits per heavy atom. The van der Waals surface area contributed by atoms with Crippen LogP contribution in [0.2, 0.25) is 5.02 Å². The molecule has 0 radical (unpaired) electrons. The quantitative estimate of drug-likeness (QED) is 0.891. The van der Waals surface area contributed by atoms with Crippen LogP contribution in [0.25, 0.3) is 0 Å². The molecule has 1 N–H and O–H groups in total. The molecule has 3 heteroatoms. The molecule has 2 aromatic rings. The van der Waals surface area contributed by atoms with E-state index in [4.69, 9.17) is 11.6 Å². The maximum Gasteiger partial charge on any atom is 0.0762 e. The first-order chi connectivity index (χ1) is 9.16. The number of anilines is 2. The van der Waals surface area contributed by atoms with E-state index in [9.17, 15) is 5.11 Å². The molecule has 1 aliphatic rings. The molecule has 0 spiro atoms. The molecule has 0 aromatic heterocycles. The van der Waals surface area contributed by atoms with Crippen molar-refractivity contribution in [3.63, 3.8) is 0 Å². The van der Waals surface area contributed by atoms with Gasteiger partial charge in [0.15, 0.2) is 0 Å². The van der Waals surface area contributed by atoms with Crippen LogP contribution in [-0.2, 0) is 6.42 Å². The number of rotatable bonds is 2. The minimum absolute atomic E-state index is 0.489. The minimum Gasteiger partial charge on any atom is -0.389 e. The lowest BCUT2D eigenvalue weighted by Crippen LogP contribution is -2.13. The van der Waals surface area contributed by atoms with E-state index < -0.39 is 6.10 Å². The van der Waals surface area contributed by atoms with Gasteiger partial charge in [-0.3, -0.25) is 0 Å². The highest BCUT2D eigenvalue weighted by Crippen LogP contribution is 2.38. The monoisotopic (exact) mass is 273 g/mol. The molecule has 0 aliphatic carbocycles. The van der Waals surface area contributed by atoms with Crippen molar-refractivity contribution in [3.8, 4) is 0 Å². The molecule has 1 heterocycles. The highest BCUT2D eigenvalue weighted by Gasteiger charge is 2.21. The third-order valence-corrected chi connectivity index (χ3v) is 3.93. The first-order valence-electron chi connectivity index (χ1n) is 6.50. The summed E-state index contributed by atoms with van der Waals surface area (Å²) in [6.45, 7) is 2.70. The predicted octanol–water partition coefficient (Wildman–Crippen LogP) is 4.09. The van der Waals surface area contributed by atoms with Crippen LogP contribution >= 0.6 is 11.6 Å². The summed E-state index contributed by atoms with van der Waals surface area (Å²) in [4.78, 5) is 2.24. The van der Waals surface area contributed by atoms with Gasteiger partial charge in [-0.15, -0.1) is 0 Å². The molecule has 2 aromatic carbocycles. The van der Waals surface area contributed by atoms with Gasteiger partial charge in [0.25, 0.3) is 0 Å². The maximum absolute atomic E-state index is 9.59. The number of benzene rings is 2. The highest BCUT2D eigenvalue weighted by atomic mass is 35.5. The molecule has 0 bridgehead atoms. The van der Waals surface area contributed by atoms with Gasteiger partial charge >= 0.3 is 0 Å². The average Bonchev–Trinajstić information content (AvgIpc) is 2.82. The van der Waals surface area contributed by atoms with E-state index in [0.717, 1.165) is 24.2 Å². The molecule has 0 saturated carbocycles. The molecule has 1 aliphatic heterocycles. The van der Waals surface area contributed by atoms with Crippen molar-refractivity contribution in [2.24, 2.45) is 0 Å². The van der Waals surface area contributed by atoms with Gasteiger partial charge < -0.3 is 10.0 Å². The van der Waals surface area contributed by atoms with Crippen LogP contribution in [0.3, 0.4) is 0 Å². The molecule has 2 nitrogen and oxygen atoms in total. The average molecular weight is 274 g/mol. The van der Waals surface area contributed by atoms with Gasteiger partial charge in [-0.1, -0.05) is 35.9 Å². The number of aliphatic hydroxyl groups is 1. The van der Waals surface area contributed by atoms with Crippen LogP contribution in [-0.4, -0.2) is 11.7 Å². The lowest BCUT2D eigenvalue weighted by Gasteiger charge is -2.21. The van der Waals surface area contributed by atoms with E-state index in [-0.39, 0.29) is 0 Å². The molecule has 1 unspecified atom stereocenters. The van der Waals surface area contributed by atoms with E-state index in [2.05, 4.69) is 29.2 Å². The van der Waals surface area contributed by atoms with E-state index in [1.54, 1.807) is 6.92 Å². The Kier molecular flexibility index (Phi) is 3.21. The fourth-order valence-electron chi connectivity index (χ4n) is 2.59. The SMILES string of the molecule is CC(O)c1ccc(N2CCc3ccccc32)c(Cl)c1. The Balaban J connectivity index is 2.00. The Hall–Kier alpha value is -1.51. The number of para-hydroxylation sites is 1. The molecule has 1 atom stereocenters. The highest BCUT2D eigenvalue weighted by molar-refractivity contribution is 6.33. The second kappa shape index (κ2) is 4.87. The molecule has 0 amide bonds. The fraction of sp³-hybridized carbons (Fsp3) is 0.250. The third-order valence-electron chi connectivity index (χ3n) is 3.63. The van der Waals surface area contributed by atoms with Crippen molar-refractivity contribution in [3.05, 3.63) is 58.6 Å². The summed E-state index contributed by atoms with van der Waals surface area (Å²) < 4.78 is 0. The molecule has 19 heavy (non-hydrogen) atoms. The van der Waals surface area contributed by atoms with Crippen molar-refractivity contribution < 1.29 is 5.11 Å². The van der Waals surface area contributed by atoms with Crippen LogP contribution in [0.5, 0.6) is 0 Å². The summed E-state index contributed by atoms with van der Waals surface area (Å²) in [5.41, 5.74) is 4.45. The zero-order valence-electron chi connectivity index (χ0n) is 10.8. The number of halogens is 1. The first kappa shape index (κ1) is 12.5. The second-order valence-electron chi connectivity index (χ2n) is 4.92. The van der Waals surface area contributed by atoms with Crippen molar-refractivity contribution >= 4 is 23.0 Å². The van der Waals surface area contributed by atoms with Gasteiger partial charge in [0.1, 0.15) is 0 Å². The Labute approximate surface area is 118 Å². The standard InChI is InChI=1S/C16H16ClNO/c1-11(19)13-6-7-16(14(17)10-13)18-9-8-12-4-2-3-5-15(12)18/h2-7,10-11,19H,8-9H2,1H3. The number of aliphatic hydroxyl groups excluding tert-OH is 1. The van der Waals surface area contributed by atoms with Crippen molar-refractivity contribution in [2.75, 3.05) is 11.4 Å². The van der Waals surface area contributed by atoms with Crippen LogP contribution in [0, 0.1) is 0 Å². The topological polar surface area (TPSA) is 23.5 Å². The first-order valence-corrected chi connectivity index (χ1v) is 6.87. The third kappa shape index (κ3) is 2.22. The normalized spacial score (nSPS) is 15.4. The summed E-state index contributed by atoms with van der Waals surface area (Å²) in [5.74, 6) is 0. The van der Waals surface area contributed by atoms with Crippen molar-refractivity contribution in [1.29, 1.82) is 0 Å². The molecular formula is C16H16ClNO. The Bertz CT molecular complexity index is 609. The summed E-state index contributed by atoms with van der Waals surface area (Å²) in [5, 5.41) is 10.3. The van der Waals surface area contributed by atoms with Crippen LogP contribution in [0.15, 0.2) is 42.5 Å². The van der Waals surface area contributed by atoms with Crippen LogP contribution in [0.1, 0.15) is 24.2 Å². The lowest BCUT2D eigenvalue weighted by molar-refractivity contribution is 0.199. The smallest absolute Gasteiger partial charge is 0.0762 e. The van der Waals surface area contributed by atoms with E-state index in [1.165, 1.54) is 11.3 Å². The number of nitrogens with zero attached hydrogens (tertiary/aromatic N) is 1. The Morgan fingerprint density at radius 3 is 2.68 bits per heavy atom. The predicted molar refractivity (Wildman–Crippen MR) is 79.2 cm³/mol. The lowest BCUT2D eigenvalue weighted by atomic mass is 10.1. The maximum atomic E-state index is 9.59. The number of hydrogen-bond donors (Lipinski definition) is 1. The largest absolute Gasteiger partial charge is 0.389 e. The van der Waals surface area contributed by atoms with E-state index in [1.807, 2.05) is 18.2 Å². The van der Waals surface area contributed by atoms with Gasteiger partial charge in [-0.05, 0) is 42.7 Å². The zero-order valence-corrected chi connectivity index (χ0v) is 11.6. The summed E-state index contributed by atoms with van der Waals surface area (Å²) in [6.07, 6.45) is 0.558. The van der Waals surface area contributed by atoms with E-state index in [0.29, 0.717) is 5.02 Å². The number of hydrogen-bond acceptors (Lipinski definition) is 2. The molecule has 0 fully saturated rings. The van der Waals surface area contributed by atoms with Gasteiger partial charge in [-0.2, -0.15) is 0 Å². The summed E-state index contributed by atoms with van der Waals surface area (Å²) in [7, 11) is 0. The summed E-state index contributed by atoms with van der Waals surface area (Å²) >= 11 is 6.37. The van der Waals surface area contributed by atoms with Gasteiger partial charge in [0, 0.05) is 12.2 Å². The fourth-order valence-corrected chi connectivity index (χ4v) is 2.88. The van der Waals surface area contributed by atoms with Crippen molar-refractivity contribution in [1.82, 2.24) is 0 Å². The zero-order chi connectivity index (χ0) is 13.4. The molecule has 0 saturated heterocycles. The molecular weight excluding hydrogens is 258 g/mol. The van der Waals surface area contributed by atoms with E-state index >= 15 is 0 Å². The van der Waals surface area contributed by atoms with Gasteiger partial charge in [-0.25, -0.2) is 0 Å². The minimum atomic E-state index is -0.489. The van der Waals surface area contributed by atoms with Gasteiger partial charge in [0.2, 0.25) is 0 Å². The van der Waals surface area contributed by atoms with Crippen LogP contribution in [0.4, 0.5) is 11.4 Å². The van der Waals surface area contributed by atoms with Crippen LogP contribution < -0.4 is 4.90 Å². The molecule has 98 valence electrons. The van der Waals surface area contributed by atoms with Crippen molar-refractivity contribution in [2.45, 2.75) is 19.4 Å². The number of fused-ring (bicyclic) bond motifs is 1. The Morgan fingerprint density at radius 2 is 1.95 bits per heavy atom. The van der Waals surface area contributed by atoms with Gasteiger partial charge in [0.05, 0.1) is 16.8 Å². The summed E-state index contributed by atoms with van der Waals surface area (Å²) in [6, 6.07) is 14.2.